The maximum atomic E-state index is 13.5. The van der Waals surface area contributed by atoms with Crippen molar-refractivity contribution in [1.82, 2.24) is 0 Å². The molecule has 0 bridgehead atoms. The van der Waals surface area contributed by atoms with Crippen molar-refractivity contribution in [3.8, 4) is 0 Å². The van der Waals surface area contributed by atoms with Crippen LogP contribution in [0.3, 0.4) is 0 Å². The lowest BCUT2D eigenvalue weighted by atomic mass is 10.1. The number of halogens is 2. The highest BCUT2D eigenvalue weighted by Crippen LogP contribution is 2.37. The van der Waals surface area contributed by atoms with E-state index in [1.807, 2.05) is 17.5 Å². The van der Waals surface area contributed by atoms with E-state index >= 15 is 0 Å². The number of nitrogens with one attached hydrogen (secondary N) is 1. The topological polar surface area (TPSA) is 12.0 Å². The second kappa shape index (κ2) is 3.56. The fourth-order valence-corrected chi connectivity index (χ4v) is 2.83. The van der Waals surface area contributed by atoms with Gasteiger partial charge in [-0.3, -0.25) is 0 Å². The summed E-state index contributed by atoms with van der Waals surface area (Å²) in [4.78, 5) is 1.15. The van der Waals surface area contributed by atoms with Gasteiger partial charge in [0.2, 0.25) is 0 Å². The lowest BCUT2D eigenvalue weighted by molar-refractivity contribution is 0.585. The highest BCUT2D eigenvalue weighted by Gasteiger charge is 2.25. The molecular formula is C12H9F2NS. The Bertz CT molecular complexity index is 522. The Morgan fingerprint density at radius 2 is 2.19 bits per heavy atom. The minimum atomic E-state index is -0.509. The van der Waals surface area contributed by atoms with Gasteiger partial charge in [-0.1, -0.05) is 6.07 Å². The quantitative estimate of drug-likeness (QED) is 0.796. The predicted octanol–water partition coefficient (Wildman–Crippen LogP) is 3.74. The first kappa shape index (κ1) is 9.78. The lowest BCUT2D eigenvalue weighted by Gasteiger charge is -2.08. The van der Waals surface area contributed by atoms with Gasteiger partial charge in [-0.05, 0) is 29.5 Å². The van der Waals surface area contributed by atoms with Gasteiger partial charge >= 0.3 is 0 Å². The summed E-state index contributed by atoms with van der Waals surface area (Å²) in [6.45, 7) is 0. The molecule has 0 fully saturated rings. The average molecular weight is 237 g/mol. The van der Waals surface area contributed by atoms with E-state index in [-0.39, 0.29) is 6.04 Å². The Morgan fingerprint density at radius 1 is 1.31 bits per heavy atom. The highest BCUT2D eigenvalue weighted by molar-refractivity contribution is 7.10. The number of hydrogen-bond donors (Lipinski definition) is 1. The van der Waals surface area contributed by atoms with Crippen molar-refractivity contribution in [2.45, 2.75) is 12.5 Å². The predicted molar refractivity (Wildman–Crippen MR) is 60.7 cm³/mol. The van der Waals surface area contributed by atoms with Crippen molar-refractivity contribution in [2.24, 2.45) is 0 Å². The molecule has 1 nitrogen and oxygen atoms in total. The van der Waals surface area contributed by atoms with E-state index in [9.17, 15) is 8.78 Å². The van der Waals surface area contributed by atoms with Gasteiger partial charge in [-0.15, -0.1) is 11.3 Å². The molecule has 1 aromatic heterocycles. The third kappa shape index (κ3) is 1.50. The largest absolute Gasteiger partial charge is 0.374 e. The number of thiophene rings is 1. The summed E-state index contributed by atoms with van der Waals surface area (Å²) in [5.41, 5.74) is 1.16. The standard InChI is InChI=1S/C12H9F2NS/c13-8-4-7-5-10(11-2-1-3-16-11)15-12(7)9(14)6-8/h1-4,6,10,15H,5H2. The fraction of sp³-hybridized carbons (Fsp3) is 0.167. The van der Waals surface area contributed by atoms with Crippen LogP contribution in [0.1, 0.15) is 16.5 Å². The van der Waals surface area contributed by atoms with Crippen LogP contribution in [-0.4, -0.2) is 0 Å². The van der Waals surface area contributed by atoms with Crippen molar-refractivity contribution in [3.05, 3.63) is 51.7 Å². The Kier molecular flexibility index (Phi) is 2.17. The first-order valence-electron chi connectivity index (χ1n) is 5.02. The third-order valence-electron chi connectivity index (χ3n) is 2.77. The second-order valence-electron chi connectivity index (χ2n) is 3.84. The van der Waals surface area contributed by atoms with Crippen LogP contribution < -0.4 is 5.32 Å². The van der Waals surface area contributed by atoms with Crippen LogP contribution in [0, 0.1) is 11.6 Å². The van der Waals surface area contributed by atoms with E-state index in [1.54, 1.807) is 11.3 Å². The number of hydrogen-bond acceptors (Lipinski definition) is 2. The second-order valence-corrected chi connectivity index (χ2v) is 4.82. The first-order chi connectivity index (χ1) is 7.74. The van der Waals surface area contributed by atoms with E-state index in [0.29, 0.717) is 12.1 Å². The maximum Gasteiger partial charge on any atom is 0.149 e. The van der Waals surface area contributed by atoms with Crippen molar-refractivity contribution >= 4 is 17.0 Å². The van der Waals surface area contributed by atoms with Gasteiger partial charge in [-0.2, -0.15) is 0 Å². The van der Waals surface area contributed by atoms with Gasteiger partial charge in [-0.25, -0.2) is 8.78 Å². The van der Waals surface area contributed by atoms with Crippen molar-refractivity contribution in [3.63, 3.8) is 0 Å². The van der Waals surface area contributed by atoms with E-state index in [2.05, 4.69) is 5.32 Å². The molecule has 0 spiro atoms. The zero-order chi connectivity index (χ0) is 11.1. The minimum absolute atomic E-state index is 0.0753. The zero-order valence-electron chi connectivity index (χ0n) is 8.34. The summed E-state index contributed by atoms with van der Waals surface area (Å²) >= 11 is 1.62. The van der Waals surface area contributed by atoms with Gasteiger partial charge in [0.25, 0.3) is 0 Å². The van der Waals surface area contributed by atoms with Crippen LogP contribution in [0.25, 0.3) is 0 Å². The molecule has 0 radical (unpaired) electrons. The fourth-order valence-electron chi connectivity index (χ4n) is 2.06. The molecule has 1 aliphatic heterocycles. The van der Waals surface area contributed by atoms with Gasteiger partial charge in [0.05, 0.1) is 11.7 Å². The Morgan fingerprint density at radius 3 is 2.94 bits per heavy atom. The van der Waals surface area contributed by atoms with Crippen LogP contribution in [0.15, 0.2) is 29.6 Å². The Hall–Kier alpha value is -1.42. The van der Waals surface area contributed by atoms with Crippen molar-refractivity contribution in [2.75, 3.05) is 5.32 Å². The molecule has 1 aliphatic rings. The molecule has 82 valence electrons. The number of anilines is 1. The molecule has 1 aromatic carbocycles. The molecule has 0 saturated carbocycles. The summed E-state index contributed by atoms with van der Waals surface area (Å²) in [5.74, 6) is -1.01. The molecule has 16 heavy (non-hydrogen) atoms. The number of rotatable bonds is 1. The molecule has 2 heterocycles. The summed E-state index contributed by atoms with van der Waals surface area (Å²) in [6, 6.07) is 6.36. The SMILES string of the molecule is Fc1cc(F)c2c(c1)CC(c1cccs1)N2. The van der Waals surface area contributed by atoms with Crippen LogP contribution in [0.4, 0.5) is 14.5 Å². The van der Waals surface area contributed by atoms with Crippen LogP contribution in [0.5, 0.6) is 0 Å². The van der Waals surface area contributed by atoms with Crippen LogP contribution >= 0.6 is 11.3 Å². The van der Waals surface area contributed by atoms with Crippen molar-refractivity contribution < 1.29 is 8.78 Å². The molecule has 2 aromatic rings. The average Bonchev–Trinajstić information content (AvgIpc) is 2.82. The summed E-state index contributed by atoms with van der Waals surface area (Å²) in [6.07, 6.45) is 0.643. The van der Waals surface area contributed by atoms with Gasteiger partial charge in [0.1, 0.15) is 11.6 Å². The Balaban J connectivity index is 1.98. The van der Waals surface area contributed by atoms with E-state index in [0.717, 1.165) is 16.5 Å². The molecule has 3 rings (SSSR count). The molecular weight excluding hydrogens is 228 g/mol. The maximum absolute atomic E-state index is 13.5. The van der Waals surface area contributed by atoms with Gasteiger partial charge in [0.15, 0.2) is 0 Å². The first-order valence-corrected chi connectivity index (χ1v) is 5.90. The number of fused-ring (bicyclic) bond motifs is 1. The third-order valence-corrected chi connectivity index (χ3v) is 3.75. The molecule has 0 amide bonds. The molecule has 0 aliphatic carbocycles. The number of benzene rings is 1. The minimum Gasteiger partial charge on any atom is -0.374 e. The Labute approximate surface area is 95.7 Å². The highest BCUT2D eigenvalue weighted by atomic mass is 32.1. The molecule has 1 N–H and O–H groups in total. The van der Waals surface area contributed by atoms with Crippen molar-refractivity contribution in [1.29, 1.82) is 0 Å². The molecule has 1 unspecified atom stereocenters. The van der Waals surface area contributed by atoms with Gasteiger partial charge in [0, 0.05) is 10.9 Å². The lowest BCUT2D eigenvalue weighted by Crippen LogP contribution is -2.03. The van der Waals surface area contributed by atoms with E-state index in [1.165, 1.54) is 6.07 Å². The van der Waals surface area contributed by atoms with Crippen LogP contribution in [0.2, 0.25) is 0 Å². The monoisotopic (exact) mass is 237 g/mol. The summed E-state index contributed by atoms with van der Waals surface area (Å²) < 4.78 is 26.5. The normalized spacial score (nSPS) is 18.2. The molecule has 1 atom stereocenters. The van der Waals surface area contributed by atoms with Gasteiger partial charge < -0.3 is 5.32 Å². The smallest absolute Gasteiger partial charge is 0.149 e. The summed E-state index contributed by atoms with van der Waals surface area (Å²) in [7, 11) is 0. The van der Waals surface area contributed by atoms with E-state index < -0.39 is 11.6 Å². The van der Waals surface area contributed by atoms with E-state index in [4.69, 9.17) is 0 Å². The molecule has 4 heteroatoms. The van der Waals surface area contributed by atoms with Crippen LogP contribution in [-0.2, 0) is 6.42 Å². The summed E-state index contributed by atoms with van der Waals surface area (Å²) in [5, 5.41) is 5.08. The molecule has 0 saturated heterocycles. The zero-order valence-corrected chi connectivity index (χ0v) is 9.15.